The molecule has 5 nitrogen and oxygen atoms in total. The van der Waals surface area contributed by atoms with Crippen LogP contribution in [0.2, 0.25) is 10.0 Å². The SMILES string of the molecule is CCN1C(=O)/C(=C/c2cc(I)c(OCc3ccccc3Cl)c(OC)c2)SC1=Nc1ccc(Br)c(Cl)c1. The Morgan fingerprint density at radius 3 is 2.61 bits per heavy atom. The largest absolute Gasteiger partial charge is 0.493 e. The first-order valence-electron chi connectivity index (χ1n) is 10.8. The summed E-state index contributed by atoms with van der Waals surface area (Å²) in [5.41, 5.74) is 2.38. The van der Waals surface area contributed by atoms with Gasteiger partial charge in [0.2, 0.25) is 0 Å². The third-order valence-corrected chi connectivity index (χ3v) is 8.62. The Hall–Kier alpha value is -1.72. The van der Waals surface area contributed by atoms with E-state index in [0.29, 0.717) is 50.5 Å². The molecule has 1 saturated heterocycles. The van der Waals surface area contributed by atoms with Crippen LogP contribution < -0.4 is 9.47 Å². The van der Waals surface area contributed by atoms with E-state index in [0.717, 1.165) is 19.2 Å². The van der Waals surface area contributed by atoms with Gasteiger partial charge >= 0.3 is 0 Å². The van der Waals surface area contributed by atoms with Crippen LogP contribution >= 0.6 is 73.5 Å². The van der Waals surface area contributed by atoms with Crippen LogP contribution in [0.15, 0.2) is 69.0 Å². The van der Waals surface area contributed by atoms with Crippen molar-refractivity contribution in [2.45, 2.75) is 13.5 Å². The first-order chi connectivity index (χ1) is 17.3. The van der Waals surface area contributed by atoms with Crippen molar-refractivity contribution in [2.24, 2.45) is 4.99 Å². The molecule has 1 aliphatic heterocycles. The number of amidine groups is 1. The van der Waals surface area contributed by atoms with Crippen molar-refractivity contribution >= 4 is 96.3 Å². The number of rotatable bonds is 7. The van der Waals surface area contributed by atoms with Gasteiger partial charge in [0.1, 0.15) is 6.61 Å². The number of halogens is 4. The highest BCUT2D eigenvalue weighted by Gasteiger charge is 2.32. The van der Waals surface area contributed by atoms with Crippen LogP contribution in [0.25, 0.3) is 6.08 Å². The molecular formula is C26H20BrCl2IN2O3S. The van der Waals surface area contributed by atoms with Crippen LogP contribution in [-0.2, 0) is 11.4 Å². The summed E-state index contributed by atoms with van der Waals surface area (Å²) in [6.45, 7) is 2.73. The third kappa shape index (κ3) is 6.22. The number of hydrogen-bond donors (Lipinski definition) is 0. The van der Waals surface area contributed by atoms with Gasteiger partial charge in [-0.1, -0.05) is 41.4 Å². The predicted molar refractivity (Wildman–Crippen MR) is 161 cm³/mol. The van der Waals surface area contributed by atoms with Gasteiger partial charge in [-0.3, -0.25) is 9.69 Å². The summed E-state index contributed by atoms with van der Waals surface area (Å²) in [5.74, 6) is 1.09. The van der Waals surface area contributed by atoms with Gasteiger partial charge in [0.25, 0.3) is 5.91 Å². The smallest absolute Gasteiger partial charge is 0.266 e. The molecule has 0 bridgehead atoms. The summed E-state index contributed by atoms with van der Waals surface area (Å²) in [4.78, 5) is 20.0. The first-order valence-corrected chi connectivity index (χ1v) is 14.2. The van der Waals surface area contributed by atoms with Gasteiger partial charge in [0.15, 0.2) is 16.7 Å². The van der Waals surface area contributed by atoms with E-state index < -0.39 is 0 Å². The second-order valence-corrected chi connectivity index (χ2v) is 11.4. The zero-order valence-electron chi connectivity index (χ0n) is 19.2. The Morgan fingerprint density at radius 1 is 1.14 bits per heavy atom. The van der Waals surface area contributed by atoms with Gasteiger partial charge in [-0.15, -0.1) is 0 Å². The Kier molecular flexibility index (Phi) is 9.27. The molecule has 0 spiro atoms. The highest BCUT2D eigenvalue weighted by molar-refractivity contribution is 14.1. The van der Waals surface area contributed by atoms with Crippen molar-refractivity contribution in [3.8, 4) is 11.5 Å². The molecular weight excluding hydrogens is 698 g/mol. The van der Waals surface area contributed by atoms with E-state index in [1.807, 2.05) is 61.5 Å². The Bertz CT molecular complexity index is 1380. The minimum atomic E-state index is -0.0996. The zero-order chi connectivity index (χ0) is 25.8. The maximum atomic E-state index is 13.1. The van der Waals surface area contributed by atoms with Gasteiger partial charge in [-0.2, -0.15) is 0 Å². The molecule has 0 aromatic heterocycles. The van der Waals surface area contributed by atoms with Crippen molar-refractivity contribution in [3.05, 3.63) is 88.7 Å². The van der Waals surface area contributed by atoms with E-state index in [2.05, 4.69) is 43.5 Å². The molecule has 1 amide bonds. The summed E-state index contributed by atoms with van der Waals surface area (Å²) in [5, 5.41) is 1.81. The van der Waals surface area contributed by atoms with Gasteiger partial charge in [-0.05, 0) is 105 Å². The molecule has 0 atom stereocenters. The fourth-order valence-corrected chi connectivity index (χ4v) is 5.87. The molecule has 0 radical (unpaired) electrons. The minimum Gasteiger partial charge on any atom is -0.493 e. The normalized spacial score (nSPS) is 15.7. The molecule has 3 aromatic rings. The van der Waals surface area contributed by atoms with E-state index in [9.17, 15) is 4.79 Å². The lowest BCUT2D eigenvalue weighted by Crippen LogP contribution is -2.28. The standard InChI is InChI=1S/C26H20BrCl2IN2O3S/c1-3-32-25(33)23(36-26(32)31-17-8-9-18(27)20(29)13-17)12-15-10-21(30)24(22(11-15)34-2)35-14-16-6-4-5-7-19(16)28/h4-13H,3,14H2,1-2H3/b23-12-,31-26?. The second kappa shape index (κ2) is 12.2. The van der Waals surface area contributed by atoms with Crippen LogP contribution in [0.5, 0.6) is 11.5 Å². The number of amides is 1. The zero-order valence-corrected chi connectivity index (χ0v) is 25.3. The van der Waals surface area contributed by atoms with E-state index >= 15 is 0 Å². The highest BCUT2D eigenvalue weighted by Crippen LogP contribution is 2.39. The monoisotopic (exact) mass is 716 g/mol. The van der Waals surface area contributed by atoms with Crippen molar-refractivity contribution < 1.29 is 14.3 Å². The molecule has 4 rings (SSSR count). The summed E-state index contributed by atoms with van der Waals surface area (Å²) >= 11 is 19.4. The van der Waals surface area contributed by atoms with Gasteiger partial charge in [-0.25, -0.2) is 4.99 Å². The average Bonchev–Trinajstić information content (AvgIpc) is 3.14. The summed E-state index contributed by atoms with van der Waals surface area (Å²) < 4.78 is 13.3. The van der Waals surface area contributed by atoms with Crippen molar-refractivity contribution in [3.63, 3.8) is 0 Å². The van der Waals surface area contributed by atoms with Crippen LogP contribution in [0.1, 0.15) is 18.1 Å². The van der Waals surface area contributed by atoms with Crippen molar-refractivity contribution in [1.82, 2.24) is 4.90 Å². The number of hydrogen-bond acceptors (Lipinski definition) is 5. The Labute approximate surface area is 246 Å². The molecule has 3 aromatic carbocycles. The number of methoxy groups -OCH3 is 1. The topological polar surface area (TPSA) is 51.1 Å². The molecule has 0 saturated carbocycles. The Balaban J connectivity index is 1.60. The fraction of sp³-hybridized carbons (Fsp3) is 0.154. The van der Waals surface area contributed by atoms with E-state index in [4.69, 9.17) is 32.7 Å². The quantitative estimate of drug-likeness (QED) is 0.182. The molecule has 0 unspecified atom stereocenters. The molecule has 0 aliphatic carbocycles. The number of likely N-dealkylation sites (N-methyl/N-ethyl adjacent to an activating group) is 1. The highest BCUT2D eigenvalue weighted by atomic mass is 127. The maximum absolute atomic E-state index is 13.1. The summed E-state index contributed by atoms with van der Waals surface area (Å²) in [6, 6.07) is 16.8. The summed E-state index contributed by atoms with van der Waals surface area (Å²) in [7, 11) is 1.59. The number of ether oxygens (including phenoxy) is 2. The molecule has 36 heavy (non-hydrogen) atoms. The minimum absolute atomic E-state index is 0.0996. The van der Waals surface area contributed by atoms with Crippen LogP contribution in [0.4, 0.5) is 5.69 Å². The summed E-state index contributed by atoms with van der Waals surface area (Å²) in [6.07, 6.45) is 1.84. The lowest BCUT2D eigenvalue weighted by atomic mass is 10.1. The lowest BCUT2D eigenvalue weighted by Gasteiger charge is -2.14. The number of thioether (sulfide) groups is 1. The third-order valence-electron chi connectivity index (χ3n) is 5.21. The van der Waals surface area contributed by atoms with Gasteiger partial charge in [0.05, 0.1) is 26.3 Å². The number of carbonyl (C=O) groups excluding carboxylic acids is 1. The van der Waals surface area contributed by atoms with Gasteiger partial charge < -0.3 is 9.47 Å². The van der Waals surface area contributed by atoms with Crippen molar-refractivity contribution in [2.75, 3.05) is 13.7 Å². The second-order valence-electron chi connectivity index (χ2n) is 7.57. The molecule has 0 N–H and O–H groups in total. The van der Waals surface area contributed by atoms with Crippen LogP contribution in [-0.4, -0.2) is 29.6 Å². The Morgan fingerprint density at radius 2 is 1.92 bits per heavy atom. The first kappa shape index (κ1) is 27.3. The van der Waals surface area contributed by atoms with E-state index in [-0.39, 0.29) is 5.91 Å². The number of aliphatic imine (C=N–C) groups is 1. The predicted octanol–water partition coefficient (Wildman–Crippen LogP) is 8.57. The molecule has 1 aliphatic rings. The molecule has 186 valence electrons. The average molecular weight is 718 g/mol. The van der Waals surface area contributed by atoms with Crippen LogP contribution in [0.3, 0.4) is 0 Å². The maximum Gasteiger partial charge on any atom is 0.266 e. The molecule has 1 fully saturated rings. The number of carbonyl (C=O) groups is 1. The number of nitrogens with zero attached hydrogens (tertiary/aromatic N) is 2. The number of benzene rings is 3. The van der Waals surface area contributed by atoms with E-state index in [1.165, 1.54) is 11.8 Å². The lowest BCUT2D eigenvalue weighted by molar-refractivity contribution is -0.122. The van der Waals surface area contributed by atoms with Crippen molar-refractivity contribution in [1.29, 1.82) is 0 Å². The fourth-order valence-electron chi connectivity index (χ4n) is 3.42. The molecule has 1 heterocycles. The molecule has 10 heteroatoms. The van der Waals surface area contributed by atoms with Gasteiger partial charge in [0, 0.05) is 21.6 Å². The van der Waals surface area contributed by atoms with Crippen LogP contribution in [0, 0.1) is 3.57 Å². The van der Waals surface area contributed by atoms with E-state index in [1.54, 1.807) is 18.1 Å².